The van der Waals surface area contributed by atoms with Crippen LogP contribution in [0.25, 0.3) is 22.6 Å². The molecule has 0 saturated carbocycles. The average molecular weight is 445 g/mol. The van der Waals surface area contributed by atoms with Crippen molar-refractivity contribution in [2.45, 2.75) is 12.5 Å². The highest BCUT2D eigenvalue weighted by molar-refractivity contribution is 7.08. The highest BCUT2D eigenvalue weighted by Gasteiger charge is 2.38. The standard InChI is InChI=1S/C24H20N4O3S/c1-30-26-20-13-21(22-25-23(31-27-22)19-11-12-32-15-19)28(14-20)24(29)18-9-7-17(8-10-18)16-5-3-2-4-6-16/h2-12,15,21H,13-14H2,1H3/b26-20+/t21-/m0/s1. The second kappa shape index (κ2) is 8.76. The van der Waals surface area contributed by atoms with Crippen molar-refractivity contribution >= 4 is 23.0 Å². The van der Waals surface area contributed by atoms with Gasteiger partial charge in [0, 0.05) is 17.4 Å². The summed E-state index contributed by atoms with van der Waals surface area (Å²) in [7, 11) is 1.50. The molecule has 160 valence electrons. The maximum absolute atomic E-state index is 13.4. The summed E-state index contributed by atoms with van der Waals surface area (Å²) in [5, 5.41) is 12.1. The van der Waals surface area contributed by atoms with Crippen LogP contribution in [0.1, 0.15) is 28.6 Å². The monoisotopic (exact) mass is 444 g/mol. The van der Waals surface area contributed by atoms with Crippen molar-refractivity contribution in [2.75, 3.05) is 13.7 Å². The molecule has 1 aliphatic heterocycles. The third-order valence-electron chi connectivity index (χ3n) is 5.39. The number of rotatable bonds is 5. The third kappa shape index (κ3) is 3.92. The number of thiophene rings is 1. The summed E-state index contributed by atoms with van der Waals surface area (Å²) < 4.78 is 5.45. The number of likely N-dealkylation sites (tertiary alicyclic amines) is 1. The summed E-state index contributed by atoms with van der Waals surface area (Å²) >= 11 is 1.56. The molecule has 0 aliphatic carbocycles. The van der Waals surface area contributed by atoms with E-state index in [2.05, 4.69) is 15.3 Å². The van der Waals surface area contributed by atoms with Crippen LogP contribution in [0.2, 0.25) is 0 Å². The number of nitrogens with zero attached hydrogens (tertiary/aromatic N) is 4. The summed E-state index contributed by atoms with van der Waals surface area (Å²) in [6.45, 7) is 0.347. The molecular formula is C24H20N4O3S. The van der Waals surface area contributed by atoms with Crippen LogP contribution in [-0.4, -0.2) is 40.3 Å². The van der Waals surface area contributed by atoms with E-state index in [-0.39, 0.29) is 11.9 Å². The topological polar surface area (TPSA) is 80.8 Å². The van der Waals surface area contributed by atoms with Crippen LogP contribution in [0.4, 0.5) is 0 Å². The van der Waals surface area contributed by atoms with Crippen molar-refractivity contribution in [1.82, 2.24) is 15.0 Å². The lowest BCUT2D eigenvalue weighted by molar-refractivity contribution is 0.0732. The van der Waals surface area contributed by atoms with Gasteiger partial charge in [-0.2, -0.15) is 16.3 Å². The van der Waals surface area contributed by atoms with E-state index in [9.17, 15) is 4.79 Å². The predicted molar refractivity (Wildman–Crippen MR) is 122 cm³/mol. The van der Waals surface area contributed by atoms with E-state index >= 15 is 0 Å². The van der Waals surface area contributed by atoms with Crippen LogP contribution in [0, 0.1) is 0 Å². The summed E-state index contributed by atoms with van der Waals surface area (Å²) in [6, 6.07) is 19.2. The summed E-state index contributed by atoms with van der Waals surface area (Å²) in [6.07, 6.45) is 0.490. The molecule has 0 spiro atoms. The van der Waals surface area contributed by atoms with Gasteiger partial charge >= 0.3 is 0 Å². The van der Waals surface area contributed by atoms with Gasteiger partial charge in [-0.3, -0.25) is 4.79 Å². The molecule has 32 heavy (non-hydrogen) atoms. The normalized spacial score (nSPS) is 17.1. The second-order valence-electron chi connectivity index (χ2n) is 7.41. The van der Waals surface area contributed by atoms with Crippen LogP contribution < -0.4 is 0 Å². The van der Waals surface area contributed by atoms with Gasteiger partial charge in [-0.1, -0.05) is 52.8 Å². The van der Waals surface area contributed by atoms with E-state index in [1.54, 1.807) is 16.2 Å². The molecule has 0 bridgehead atoms. The van der Waals surface area contributed by atoms with Gasteiger partial charge in [-0.15, -0.1) is 0 Å². The Hall–Kier alpha value is -3.78. The Morgan fingerprint density at radius 1 is 1.09 bits per heavy atom. The van der Waals surface area contributed by atoms with E-state index in [1.807, 2.05) is 71.4 Å². The lowest BCUT2D eigenvalue weighted by Crippen LogP contribution is -2.31. The minimum absolute atomic E-state index is 0.113. The van der Waals surface area contributed by atoms with Crippen LogP contribution in [-0.2, 0) is 4.84 Å². The predicted octanol–water partition coefficient (Wildman–Crippen LogP) is 5.05. The zero-order valence-electron chi connectivity index (χ0n) is 17.3. The first-order valence-corrected chi connectivity index (χ1v) is 11.1. The Morgan fingerprint density at radius 2 is 1.88 bits per heavy atom. The largest absolute Gasteiger partial charge is 0.399 e. The van der Waals surface area contributed by atoms with E-state index < -0.39 is 0 Å². The molecule has 0 unspecified atom stereocenters. The van der Waals surface area contributed by atoms with Crippen LogP contribution in [0.5, 0.6) is 0 Å². The fraction of sp³-hybridized carbons (Fsp3) is 0.167. The highest BCUT2D eigenvalue weighted by atomic mass is 32.1. The Morgan fingerprint density at radius 3 is 2.59 bits per heavy atom. The lowest BCUT2D eigenvalue weighted by atomic mass is 10.0. The number of amides is 1. The quantitative estimate of drug-likeness (QED) is 0.402. The van der Waals surface area contributed by atoms with Crippen LogP contribution in [0.15, 0.2) is 81.1 Å². The molecule has 3 heterocycles. The number of benzene rings is 2. The van der Waals surface area contributed by atoms with Gasteiger partial charge in [0.05, 0.1) is 17.8 Å². The molecule has 8 heteroatoms. The summed E-state index contributed by atoms with van der Waals surface area (Å²) in [4.78, 5) is 24.6. The second-order valence-corrected chi connectivity index (χ2v) is 8.19. The van der Waals surface area contributed by atoms with Crippen molar-refractivity contribution in [3.63, 3.8) is 0 Å². The molecule has 2 aromatic heterocycles. The molecule has 0 radical (unpaired) electrons. The minimum atomic E-state index is -0.374. The fourth-order valence-electron chi connectivity index (χ4n) is 3.82. The van der Waals surface area contributed by atoms with E-state index in [0.717, 1.165) is 22.4 Å². The number of carbonyl (C=O) groups excluding carboxylic acids is 1. The number of oxime groups is 1. The van der Waals surface area contributed by atoms with Gasteiger partial charge in [-0.25, -0.2) is 0 Å². The molecule has 1 amide bonds. The fourth-order valence-corrected chi connectivity index (χ4v) is 4.45. The maximum Gasteiger partial charge on any atom is 0.258 e. The van der Waals surface area contributed by atoms with Gasteiger partial charge in [-0.05, 0) is 34.7 Å². The molecular weight excluding hydrogens is 424 g/mol. The zero-order chi connectivity index (χ0) is 21.9. The van der Waals surface area contributed by atoms with Gasteiger partial charge < -0.3 is 14.3 Å². The van der Waals surface area contributed by atoms with E-state index in [1.165, 1.54) is 7.11 Å². The maximum atomic E-state index is 13.4. The first-order chi connectivity index (χ1) is 15.7. The lowest BCUT2D eigenvalue weighted by Gasteiger charge is -2.21. The molecule has 4 aromatic rings. The Balaban J connectivity index is 1.42. The van der Waals surface area contributed by atoms with Crippen LogP contribution in [0.3, 0.4) is 0 Å². The number of carbonyl (C=O) groups is 1. The van der Waals surface area contributed by atoms with Gasteiger partial charge in [0.2, 0.25) is 0 Å². The molecule has 1 fully saturated rings. The molecule has 2 aromatic carbocycles. The van der Waals surface area contributed by atoms with Crippen molar-refractivity contribution in [3.8, 4) is 22.6 Å². The minimum Gasteiger partial charge on any atom is -0.399 e. The molecule has 0 N–H and O–H groups in total. The summed E-state index contributed by atoms with van der Waals surface area (Å²) in [5.41, 5.74) is 4.38. The number of hydrogen-bond donors (Lipinski definition) is 0. The SMILES string of the molecule is CO/N=C1\C[C@@H](c2noc(-c3ccsc3)n2)N(C(=O)c2ccc(-c3ccccc3)cc2)C1. The van der Waals surface area contributed by atoms with Gasteiger partial charge in [0.15, 0.2) is 5.82 Å². The third-order valence-corrected chi connectivity index (χ3v) is 6.07. The van der Waals surface area contributed by atoms with Crippen molar-refractivity contribution in [3.05, 3.63) is 82.8 Å². The zero-order valence-corrected chi connectivity index (χ0v) is 18.2. The number of aromatic nitrogens is 2. The number of hydrogen-bond acceptors (Lipinski definition) is 7. The molecule has 7 nitrogen and oxygen atoms in total. The molecule has 1 aliphatic rings. The van der Waals surface area contributed by atoms with Crippen molar-refractivity contribution in [2.24, 2.45) is 5.16 Å². The van der Waals surface area contributed by atoms with Gasteiger partial charge in [0.1, 0.15) is 13.2 Å². The van der Waals surface area contributed by atoms with Crippen LogP contribution >= 0.6 is 11.3 Å². The Labute approximate surface area is 188 Å². The average Bonchev–Trinajstić information content (AvgIpc) is 3.60. The Bertz CT molecular complexity index is 1230. The smallest absolute Gasteiger partial charge is 0.258 e. The first-order valence-electron chi connectivity index (χ1n) is 10.1. The molecule has 5 rings (SSSR count). The molecule has 1 saturated heterocycles. The van der Waals surface area contributed by atoms with E-state index in [0.29, 0.717) is 30.2 Å². The van der Waals surface area contributed by atoms with Crippen molar-refractivity contribution in [1.29, 1.82) is 0 Å². The first kappa shape index (κ1) is 20.1. The summed E-state index contributed by atoms with van der Waals surface area (Å²) in [5.74, 6) is 0.789. The van der Waals surface area contributed by atoms with Crippen molar-refractivity contribution < 1.29 is 14.2 Å². The van der Waals surface area contributed by atoms with E-state index in [4.69, 9.17) is 9.36 Å². The molecule has 1 atom stereocenters. The Kier molecular flexibility index (Phi) is 5.51. The highest BCUT2D eigenvalue weighted by Crippen LogP contribution is 2.32. The van der Waals surface area contributed by atoms with Gasteiger partial charge in [0.25, 0.3) is 11.8 Å².